The van der Waals surface area contributed by atoms with Crippen LogP contribution in [0.25, 0.3) is 0 Å². The summed E-state index contributed by atoms with van der Waals surface area (Å²) in [5.74, 6) is 0.163. The van der Waals surface area contributed by atoms with Crippen LogP contribution in [0.5, 0.6) is 0 Å². The molecule has 0 fully saturated rings. The second-order valence-electron chi connectivity index (χ2n) is 4.37. The van der Waals surface area contributed by atoms with Gasteiger partial charge in [0.2, 0.25) is 0 Å². The Hall–Kier alpha value is -1.05. The molecule has 0 saturated heterocycles. The fourth-order valence-corrected chi connectivity index (χ4v) is 3.72. The highest BCUT2D eigenvalue weighted by Gasteiger charge is 2.16. The number of benzene rings is 1. The highest BCUT2D eigenvalue weighted by Crippen LogP contribution is 2.20. The molecule has 0 aliphatic carbocycles. The van der Waals surface area contributed by atoms with Crippen LogP contribution in [0.1, 0.15) is 25.0 Å². The second kappa shape index (κ2) is 5.52. The maximum absolute atomic E-state index is 11.8. The molecular weight excluding hydrogens is 258 g/mol. The smallest absolute Gasteiger partial charge is 0.154 e. The summed E-state index contributed by atoms with van der Waals surface area (Å²) in [6.07, 6.45) is 0. The van der Waals surface area contributed by atoms with Gasteiger partial charge in [-0.05, 0) is 23.6 Å². The summed E-state index contributed by atoms with van der Waals surface area (Å²) >= 11 is 5.94. The summed E-state index contributed by atoms with van der Waals surface area (Å²) in [7, 11) is -3.14. The monoisotopic (exact) mass is 271 g/mol. The molecule has 3 nitrogen and oxygen atoms in total. The van der Waals surface area contributed by atoms with Gasteiger partial charge in [-0.1, -0.05) is 31.5 Å². The van der Waals surface area contributed by atoms with Crippen LogP contribution in [0.15, 0.2) is 18.2 Å². The predicted octanol–water partition coefficient (Wildman–Crippen LogP) is 2.78. The molecule has 0 aliphatic heterocycles. The van der Waals surface area contributed by atoms with E-state index in [0.29, 0.717) is 16.1 Å². The fraction of sp³-hybridized carbons (Fsp3) is 0.417. The molecule has 0 atom stereocenters. The molecule has 0 aliphatic rings. The van der Waals surface area contributed by atoms with Gasteiger partial charge in [-0.2, -0.15) is 5.26 Å². The summed E-state index contributed by atoms with van der Waals surface area (Å²) in [5, 5.41) is 9.01. The molecule has 1 aromatic rings. The minimum Gasteiger partial charge on any atom is -0.228 e. The first-order valence-electron chi connectivity index (χ1n) is 5.23. The van der Waals surface area contributed by atoms with Crippen molar-refractivity contribution in [1.82, 2.24) is 0 Å². The van der Waals surface area contributed by atoms with Crippen LogP contribution in [0.3, 0.4) is 0 Å². The van der Waals surface area contributed by atoms with E-state index in [1.807, 2.05) is 19.9 Å². The fourth-order valence-electron chi connectivity index (χ4n) is 1.54. The summed E-state index contributed by atoms with van der Waals surface area (Å²) in [6, 6.07) is 6.62. The number of nitriles is 1. The average molecular weight is 272 g/mol. The minimum absolute atomic E-state index is 0.0737. The second-order valence-corrected chi connectivity index (χ2v) is 6.88. The van der Waals surface area contributed by atoms with Gasteiger partial charge in [0.1, 0.15) is 0 Å². The molecule has 92 valence electrons. The lowest BCUT2D eigenvalue weighted by Crippen LogP contribution is -2.14. The summed E-state index contributed by atoms with van der Waals surface area (Å²) < 4.78 is 23.6. The Balaban J connectivity index is 2.94. The third-order valence-electron chi connectivity index (χ3n) is 2.14. The molecule has 0 spiro atoms. The van der Waals surface area contributed by atoms with Crippen molar-refractivity contribution in [2.75, 3.05) is 5.75 Å². The van der Waals surface area contributed by atoms with E-state index in [-0.39, 0.29) is 17.4 Å². The molecule has 0 radical (unpaired) electrons. The van der Waals surface area contributed by atoms with Crippen LogP contribution in [-0.4, -0.2) is 14.2 Å². The first-order valence-corrected chi connectivity index (χ1v) is 7.43. The molecule has 17 heavy (non-hydrogen) atoms. The van der Waals surface area contributed by atoms with Gasteiger partial charge in [0.25, 0.3) is 0 Å². The summed E-state index contributed by atoms with van der Waals surface area (Å²) in [6.45, 7) is 3.72. The molecule has 1 aromatic carbocycles. The van der Waals surface area contributed by atoms with E-state index in [1.165, 1.54) is 6.07 Å². The standard InChI is InChI=1S/C12H14ClNO2S/c1-9(2)7-17(15,16)8-11-4-3-10(6-14)5-12(11)13/h3-5,9H,7-8H2,1-2H3. The van der Waals surface area contributed by atoms with E-state index in [1.54, 1.807) is 12.1 Å². The third kappa shape index (κ3) is 4.37. The van der Waals surface area contributed by atoms with Gasteiger partial charge in [0.15, 0.2) is 9.84 Å². The minimum atomic E-state index is -3.14. The van der Waals surface area contributed by atoms with Crippen molar-refractivity contribution in [1.29, 1.82) is 5.26 Å². The number of nitrogens with zero attached hydrogens (tertiary/aromatic N) is 1. The Bertz CT molecular complexity index is 544. The van der Waals surface area contributed by atoms with E-state index in [0.717, 1.165) is 0 Å². The van der Waals surface area contributed by atoms with Gasteiger partial charge in [-0.3, -0.25) is 0 Å². The Morgan fingerprint density at radius 2 is 2.06 bits per heavy atom. The highest BCUT2D eigenvalue weighted by atomic mass is 35.5. The van der Waals surface area contributed by atoms with Gasteiger partial charge in [-0.25, -0.2) is 8.42 Å². The number of halogens is 1. The SMILES string of the molecule is CC(C)CS(=O)(=O)Cc1ccc(C#N)cc1Cl. The molecule has 0 saturated carbocycles. The molecule has 0 unspecified atom stereocenters. The Kier molecular flexibility index (Phi) is 4.55. The molecule has 0 bridgehead atoms. The van der Waals surface area contributed by atoms with Crippen LogP contribution in [-0.2, 0) is 15.6 Å². The third-order valence-corrected chi connectivity index (χ3v) is 4.42. The van der Waals surface area contributed by atoms with Crippen LogP contribution in [0.4, 0.5) is 0 Å². The first kappa shape index (κ1) is 14.0. The van der Waals surface area contributed by atoms with Crippen molar-refractivity contribution < 1.29 is 8.42 Å². The molecular formula is C12H14ClNO2S. The zero-order valence-corrected chi connectivity index (χ0v) is 11.3. The van der Waals surface area contributed by atoms with Gasteiger partial charge in [-0.15, -0.1) is 0 Å². The van der Waals surface area contributed by atoms with Crippen molar-refractivity contribution in [3.05, 3.63) is 34.3 Å². The van der Waals surface area contributed by atoms with E-state index in [9.17, 15) is 8.42 Å². The number of hydrogen-bond acceptors (Lipinski definition) is 3. The van der Waals surface area contributed by atoms with Crippen LogP contribution in [0.2, 0.25) is 5.02 Å². The maximum Gasteiger partial charge on any atom is 0.154 e. The van der Waals surface area contributed by atoms with Crippen LogP contribution >= 0.6 is 11.6 Å². The van der Waals surface area contributed by atoms with Crippen molar-refractivity contribution in [3.8, 4) is 6.07 Å². The highest BCUT2D eigenvalue weighted by molar-refractivity contribution is 7.90. The van der Waals surface area contributed by atoms with Crippen molar-refractivity contribution >= 4 is 21.4 Å². The quantitative estimate of drug-likeness (QED) is 0.846. The Morgan fingerprint density at radius 1 is 1.41 bits per heavy atom. The number of sulfone groups is 1. The molecule has 0 amide bonds. The normalized spacial score (nSPS) is 11.5. The molecule has 0 heterocycles. The zero-order chi connectivity index (χ0) is 13.1. The lowest BCUT2D eigenvalue weighted by atomic mass is 10.2. The topological polar surface area (TPSA) is 57.9 Å². The molecule has 0 aromatic heterocycles. The first-order chi connectivity index (χ1) is 7.84. The molecule has 0 N–H and O–H groups in total. The van der Waals surface area contributed by atoms with Crippen molar-refractivity contribution in [2.45, 2.75) is 19.6 Å². The van der Waals surface area contributed by atoms with E-state index < -0.39 is 9.84 Å². The Labute approximate surface area is 107 Å². The predicted molar refractivity (Wildman–Crippen MR) is 68.5 cm³/mol. The molecule has 1 rings (SSSR count). The largest absolute Gasteiger partial charge is 0.228 e. The Morgan fingerprint density at radius 3 is 2.53 bits per heavy atom. The van der Waals surface area contributed by atoms with Crippen molar-refractivity contribution in [3.63, 3.8) is 0 Å². The lowest BCUT2D eigenvalue weighted by molar-refractivity contribution is 0.581. The average Bonchev–Trinajstić information content (AvgIpc) is 2.18. The van der Waals surface area contributed by atoms with Gasteiger partial charge in [0.05, 0.1) is 23.1 Å². The summed E-state index contributed by atoms with van der Waals surface area (Å²) in [4.78, 5) is 0. The van der Waals surface area contributed by atoms with E-state index in [4.69, 9.17) is 16.9 Å². The number of rotatable bonds is 4. The van der Waals surface area contributed by atoms with Crippen molar-refractivity contribution in [2.24, 2.45) is 5.92 Å². The van der Waals surface area contributed by atoms with E-state index >= 15 is 0 Å². The van der Waals surface area contributed by atoms with Crippen LogP contribution in [0, 0.1) is 17.2 Å². The van der Waals surface area contributed by atoms with Gasteiger partial charge in [0, 0.05) is 5.02 Å². The maximum atomic E-state index is 11.8. The summed E-state index contributed by atoms with van der Waals surface area (Å²) in [5.41, 5.74) is 0.978. The lowest BCUT2D eigenvalue weighted by Gasteiger charge is -2.08. The molecule has 5 heteroatoms. The van der Waals surface area contributed by atoms with E-state index in [2.05, 4.69) is 0 Å². The zero-order valence-electron chi connectivity index (χ0n) is 9.77. The van der Waals surface area contributed by atoms with Crippen LogP contribution < -0.4 is 0 Å². The van der Waals surface area contributed by atoms with Gasteiger partial charge >= 0.3 is 0 Å². The number of hydrogen-bond donors (Lipinski definition) is 0. The van der Waals surface area contributed by atoms with Gasteiger partial charge < -0.3 is 0 Å².